The van der Waals surface area contributed by atoms with E-state index in [1.165, 1.54) is 0 Å². The summed E-state index contributed by atoms with van der Waals surface area (Å²) in [6.07, 6.45) is -0.227. The SMILES string of the molecule is C[C@H]([C@@H](O)c1ccccc1)N(C)C[C@H]1C[C@@H](c2ccc(CO)cc2)O[C@@H](c2ccc(-c3ccccc3CNC(=O)CCCC(=O)Nc3ccccc3N)cc2)O1. The lowest BCUT2D eigenvalue weighted by Gasteiger charge is -2.39. The lowest BCUT2D eigenvalue weighted by molar-refractivity contribution is -0.253. The molecule has 0 unspecified atom stereocenters. The van der Waals surface area contributed by atoms with Crippen LogP contribution in [0.3, 0.4) is 0 Å². The molecular weight excluding hydrogens is 705 g/mol. The fourth-order valence-electron chi connectivity index (χ4n) is 6.98. The molecule has 1 saturated heterocycles. The number of carbonyl (C=O) groups excluding carboxylic acids is 2. The van der Waals surface area contributed by atoms with Gasteiger partial charge in [-0.25, -0.2) is 0 Å². The van der Waals surface area contributed by atoms with Crippen molar-refractivity contribution in [3.05, 3.63) is 155 Å². The van der Waals surface area contributed by atoms with E-state index in [1.807, 2.05) is 117 Å². The maximum Gasteiger partial charge on any atom is 0.224 e. The Morgan fingerprint density at radius 1 is 0.821 bits per heavy atom. The van der Waals surface area contributed by atoms with Crippen LogP contribution in [0, 0.1) is 0 Å². The molecule has 5 aromatic rings. The van der Waals surface area contributed by atoms with Crippen LogP contribution in [0.15, 0.2) is 127 Å². The highest BCUT2D eigenvalue weighted by Gasteiger charge is 2.34. The van der Waals surface area contributed by atoms with Crippen LogP contribution >= 0.6 is 0 Å². The highest BCUT2D eigenvalue weighted by atomic mass is 16.7. The molecule has 1 fully saturated rings. The second kappa shape index (κ2) is 19.5. The fourth-order valence-corrected chi connectivity index (χ4v) is 6.98. The van der Waals surface area contributed by atoms with Gasteiger partial charge in [-0.05, 0) is 65.9 Å². The van der Waals surface area contributed by atoms with Crippen molar-refractivity contribution in [1.82, 2.24) is 10.2 Å². The van der Waals surface area contributed by atoms with Crippen LogP contribution in [0.25, 0.3) is 11.1 Å². The molecule has 0 bridgehead atoms. The first-order chi connectivity index (χ1) is 27.2. The molecule has 0 radical (unpaired) electrons. The summed E-state index contributed by atoms with van der Waals surface area (Å²) in [6, 6.07) is 40.5. The average Bonchev–Trinajstić information content (AvgIpc) is 3.23. The first-order valence-corrected chi connectivity index (χ1v) is 19.2. The van der Waals surface area contributed by atoms with Crippen LogP contribution < -0.4 is 16.4 Å². The normalized spacial score (nSPS) is 17.9. The molecule has 0 aromatic heterocycles. The molecule has 2 amide bonds. The molecule has 0 spiro atoms. The molecule has 0 aliphatic carbocycles. The second-order valence-electron chi connectivity index (χ2n) is 14.4. The number of amides is 2. The van der Waals surface area contributed by atoms with Gasteiger partial charge in [0.15, 0.2) is 6.29 Å². The predicted molar refractivity (Wildman–Crippen MR) is 219 cm³/mol. The third-order valence-corrected chi connectivity index (χ3v) is 10.4. The lowest BCUT2D eigenvalue weighted by Crippen LogP contribution is -2.43. The Hall–Kier alpha value is -5.36. The van der Waals surface area contributed by atoms with Crippen molar-refractivity contribution in [2.75, 3.05) is 24.6 Å². The summed E-state index contributed by atoms with van der Waals surface area (Å²) in [5.74, 6) is -0.310. The number of benzene rings is 5. The number of hydrogen-bond donors (Lipinski definition) is 5. The maximum atomic E-state index is 12.8. The summed E-state index contributed by atoms with van der Waals surface area (Å²) in [4.78, 5) is 27.3. The Balaban J connectivity index is 1.09. The summed E-state index contributed by atoms with van der Waals surface area (Å²) >= 11 is 0. The Kier molecular flexibility index (Phi) is 14.0. The molecule has 1 heterocycles. The first kappa shape index (κ1) is 40.3. The van der Waals surface area contributed by atoms with Crippen molar-refractivity contribution >= 4 is 23.2 Å². The van der Waals surface area contributed by atoms with E-state index < -0.39 is 12.4 Å². The van der Waals surface area contributed by atoms with Crippen LogP contribution in [0.4, 0.5) is 11.4 Å². The summed E-state index contributed by atoms with van der Waals surface area (Å²) in [6.45, 7) is 2.93. The van der Waals surface area contributed by atoms with Gasteiger partial charge in [-0.1, -0.05) is 115 Å². The molecule has 1 aliphatic rings. The minimum absolute atomic E-state index is 0.0271. The van der Waals surface area contributed by atoms with Gasteiger partial charge in [-0.15, -0.1) is 0 Å². The monoisotopic (exact) mass is 756 g/mol. The topological polar surface area (TPSA) is 146 Å². The molecular formula is C46H52N4O6. The minimum atomic E-state index is -0.651. The van der Waals surface area contributed by atoms with Gasteiger partial charge >= 0.3 is 0 Å². The number of nitrogens with zero attached hydrogens (tertiary/aromatic N) is 1. The maximum absolute atomic E-state index is 12.8. The Labute approximate surface area is 329 Å². The number of aliphatic hydroxyl groups excluding tert-OH is 2. The Morgan fingerprint density at radius 3 is 2.21 bits per heavy atom. The van der Waals surface area contributed by atoms with Crippen LogP contribution in [-0.2, 0) is 32.2 Å². The number of para-hydroxylation sites is 2. The Bertz CT molecular complexity index is 2020. The zero-order chi connectivity index (χ0) is 39.4. The number of anilines is 2. The van der Waals surface area contributed by atoms with Crippen LogP contribution in [0.5, 0.6) is 0 Å². The lowest BCUT2D eigenvalue weighted by atomic mass is 9.97. The van der Waals surface area contributed by atoms with E-state index in [0.29, 0.717) is 37.3 Å². The zero-order valence-electron chi connectivity index (χ0n) is 32.0. The zero-order valence-corrected chi connectivity index (χ0v) is 32.0. The predicted octanol–water partition coefficient (Wildman–Crippen LogP) is 7.45. The number of nitrogens with two attached hydrogens (primary N) is 1. The molecule has 6 rings (SSSR count). The number of hydrogen-bond acceptors (Lipinski definition) is 8. The van der Waals surface area contributed by atoms with Gasteiger partial charge in [0.05, 0.1) is 36.3 Å². The summed E-state index contributed by atoms with van der Waals surface area (Å²) in [7, 11) is 2.01. The third-order valence-electron chi connectivity index (χ3n) is 10.4. The molecule has 5 aromatic carbocycles. The van der Waals surface area contributed by atoms with E-state index in [0.717, 1.165) is 38.9 Å². The van der Waals surface area contributed by atoms with Crippen LogP contribution in [0.2, 0.25) is 0 Å². The van der Waals surface area contributed by atoms with Crippen molar-refractivity contribution in [1.29, 1.82) is 0 Å². The average molecular weight is 757 g/mol. The van der Waals surface area contributed by atoms with Crippen LogP contribution in [-0.4, -0.2) is 52.7 Å². The van der Waals surface area contributed by atoms with E-state index >= 15 is 0 Å². The van der Waals surface area contributed by atoms with Gasteiger partial charge in [0.1, 0.15) is 0 Å². The summed E-state index contributed by atoms with van der Waals surface area (Å²) in [5, 5.41) is 26.6. The largest absolute Gasteiger partial charge is 0.397 e. The number of nitrogen functional groups attached to an aromatic ring is 1. The first-order valence-electron chi connectivity index (χ1n) is 19.2. The van der Waals surface area contributed by atoms with E-state index in [9.17, 15) is 19.8 Å². The molecule has 6 N–H and O–H groups in total. The van der Waals surface area contributed by atoms with Gasteiger partial charge in [-0.2, -0.15) is 0 Å². The van der Waals surface area contributed by atoms with Crippen molar-refractivity contribution in [2.24, 2.45) is 0 Å². The van der Waals surface area contributed by atoms with Gasteiger partial charge in [0.25, 0.3) is 0 Å². The van der Waals surface area contributed by atoms with Crippen molar-refractivity contribution in [2.45, 2.75) is 76.4 Å². The molecule has 10 heteroatoms. The van der Waals surface area contributed by atoms with Crippen LogP contribution in [0.1, 0.15) is 78.9 Å². The number of carbonyl (C=O) groups is 2. The molecule has 5 atom stereocenters. The second-order valence-corrected chi connectivity index (χ2v) is 14.4. The Morgan fingerprint density at radius 2 is 1.48 bits per heavy atom. The van der Waals surface area contributed by atoms with Crippen molar-refractivity contribution in [3.63, 3.8) is 0 Å². The molecule has 0 saturated carbocycles. The van der Waals surface area contributed by atoms with E-state index in [-0.39, 0.29) is 49.5 Å². The van der Waals surface area contributed by atoms with E-state index in [2.05, 4.69) is 15.5 Å². The molecule has 292 valence electrons. The van der Waals surface area contributed by atoms with E-state index in [4.69, 9.17) is 15.2 Å². The number of nitrogens with one attached hydrogen (secondary N) is 2. The van der Waals surface area contributed by atoms with Gasteiger partial charge < -0.3 is 36.1 Å². The van der Waals surface area contributed by atoms with Gasteiger partial charge in [0, 0.05) is 44.0 Å². The van der Waals surface area contributed by atoms with Gasteiger partial charge in [-0.3, -0.25) is 14.5 Å². The summed E-state index contributed by atoms with van der Waals surface area (Å²) < 4.78 is 13.2. The highest BCUT2D eigenvalue weighted by molar-refractivity contribution is 5.94. The van der Waals surface area contributed by atoms with Crippen molar-refractivity contribution in [3.8, 4) is 11.1 Å². The van der Waals surface area contributed by atoms with Crippen molar-refractivity contribution < 1.29 is 29.3 Å². The quantitative estimate of drug-likeness (QED) is 0.0653. The van der Waals surface area contributed by atoms with Gasteiger partial charge in [0.2, 0.25) is 11.8 Å². The molecule has 1 aliphatic heterocycles. The minimum Gasteiger partial charge on any atom is -0.397 e. The smallest absolute Gasteiger partial charge is 0.224 e. The number of rotatable bonds is 16. The number of ether oxygens (including phenoxy) is 2. The highest BCUT2D eigenvalue weighted by Crippen LogP contribution is 2.39. The van der Waals surface area contributed by atoms with E-state index in [1.54, 1.807) is 24.3 Å². The summed E-state index contributed by atoms with van der Waals surface area (Å²) in [5.41, 5.74) is 13.5. The third kappa shape index (κ3) is 10.7. The number of aliphatic hydroxyl groups is 2. The fraction of sp³-hybridized carbons (Fsp3) is 0.304. The number of likely N-dealkylation sites (N-methyl/N-ethyl adjacent to an activating group) is 1. The molecule has 10 nitrogen and oxygen atoms in total. The standard InChI is InChI=1S/C46H52N4O6/c1-31(45(54)35-11-4-3-5-12-35)50(2)29-38-27-42(34-21-19-32(30-51)20-22-34)56-46(55-38)36-25-23-33(24-26-36)39-14-7-6-13-37(39)28-48-43(52)17-10-18-44(53)49-41-16-9-8-15-40(41)47/h3-9,11-16,19-26,31,38,42,45-46,51,54H,10,17-18,27-30,47H2,1-2H3,(H,48,52)(H,49,53)/t31-,38-,42+,45-,46+/m1/s1. The molecule has 56 heavy (non-hydrogen) atoms.